The maximum atomic E-state index is 13.1. The molecular weight excluding hydrogens is 592 g/mol. The van der Waals surface area contributed by atoms with Gasteiger partial charge in [0, 0.05) is 48.7 Å². The van der Waals surface area contributed by atoms with E-state index in [1.807, 2.05) is 0 Å². The number of aromatic nitrogens is 1. The average Bonchev–Trinajstić information content (AvgIpc) is 3.29. The van der Waals surface area contributed by atoms with Crippen molar-refractivity contribution in [3.63, 3.8) is 0 Å². The summed E-state index contributed by atoms with van der Waals surface area (Å²) in [5, 5.41) is 3.99. The van der Waals surface area contributed by atoms with E-state index in [2.05, 4.69) is 10.3 Å². The van der Waals surface area contributed by atoms with Gasteiger partial charge in [-0.1, -0.05) is 48.0 Å². The molecule has 220 valence electrons. The fourth-order valence-electron chi connectivity index (χ4n) is 5.67. The van der Waals surface area contributed by atoms with Gasteiger partial charge in [0.1, 0.15) is 16.7 Å². The molecule has 2 fully saturated rings. The van der Waals surface area contributed by atoms with Crippen molar-refractivity contribution in [2.45, 2.75) is 36.2 Å². The minimum Gasteiger partial charge on any atom is -0.379 e. The molecule has 0 spiro atoms. The highest BCUT2D eigenvalue weighted by atomic mass is 35.5. The summed E-state index contributed by atoms with van der Waals surface area (Å²) in [5.74, 6) is -0.438. The molecule has 0 bridgehead atoms. The van der Waals surface area contributed by atoms with Crippen LogP contribution in [-0.2, 0) is 21.3 Å². The van der Waals surface area contributed by atoms with E-state index in [9.17, 15) is 22.8 Å². The third-order valence-electron chi connectivity index (χ3n) is 7.82. The molecule has 3 heterocycles. The summed E-state index contributed by atoms with van der Waals surface area (Å²) < 4.78 is 31.5. The highest BCUT2D eigenvalue weighted by Gasteiger charge is 2.43. The van der Waals surface area contributed by atoms with Gasteiger partial charge in [-0.3, -0.25) is 19.9 Å². The number of likely N-dealkylation sites (tertiary alicyclic amines) is 1. The maximum absolute atomic E-state index is 13.1. The highest BCUT2D eigenvalue weighted by molar-refractivity contribution is 7.87. The lowest BCUT2D eigenvalue weighted by Crippen LogP contribution is -2.50. The normalized spacial score (nSPS) is 17.7. The van der Waals surface area contributed by atoms with Crippen LogP contribution in [0.25, 0.3) is 10.8 Å². The van der Waals surface area contributed by atoms with Gasteiger partial charge in [0.25, 0.3) is 11.8 Å². The molecule has 12 heteroatoms. The van der Waals surface area contributed by atoms with Gasteiger partial charge in [-0.25, -0.2) is 4.79 Å². The van der Waals surface area contributed by atoms with Crippen LogP contribution < -0.4 is 9.50 Å². The second kappa shape index (κ2) is 11.7. The van der Waals surface area contributed by atoms with Crippen molar-refractivity contribution in [1.82, 2.24) is 20.1 Å². The predicted octanol–water partition coefficient (Wildman–Crippen LogP) is 4.42. The zero-order valence-corrected chi connectivity index (χ0v) is 24.4. The van der Waals surface area contributed by atoms with E-state index in [0.717, 1.165) is 5.56 Å². The number of hydrogen-bond donors (Lipinski definition) is 1. The van der Waals surface area contributed by atoms with E-state index in [4.69, 9.17) is 15.8 Å². The minimum absolute atomic E-state index is 0.0351. The Balaban J connectivity index is 1.12. The second-order valence-electron chi connectivity index (χ2n) is 10.5. The number of urea groups is 1. The standard InChI is InChI=1S/C31H27ClN4O6S/c32-26-6-2-1-5-25(26)30(38)35-16-13-22(14-17-35)36-27(29(37)34-31(36)39)18-20-8-10-23(11-9-20)42-43(40,41)28-7-3-4-21-19-33-15-12-24(21)28/h1-12,15,19,22,27H,13-14,16-18H2,(H,34,37,39). The first-order valence-electron chi connectivity index (χ1n) is 13.7. The Morgan fingerprint density at radius 1 is 0.977 bits per heavy atom. The van der Waals surface area contributed by atoms with E-state index < -0.39 is 28.1 Å². The lowest BCUT2D eigenvalue weighted by molar-refractivity contribution is -0.121. The molecule has 1 aromatic heterocycles. The molecule has 1 unspecified atom stereocenters. The Bertz CT molecular complexity index is 1820. The van der Waals surface area contributed by atoms with Gasteiger partial charge in [0.2, 0.25) is 0 Å². The quantitative estimate of drug-likeness (QED) is 0.240. The Kier molecular flexibility index (Phi) is 7.76. The second-order valence-corrected chi connectivity index (χ2v) is 12.4. The van der Waals surface area contributed by atoms with Crippen molar-refractivity contribution in [3.05, 3.63) is 101 Å². The van der Waals surface area contributed by atoms with E-state index in [1.165, 1.54) is 24.4 Å². The minimum atomic E-state index is -4.13. The van der Waals surface area contributed by atoms with Crippen molar-refractivity contribution in [2.24, 2.45) is 0 Å². The Morgan fingerprint density at radius 3 is 2.47 bits per heavy atom. The van der Waals surface area contributed by atoms with E-state index >= 15 is 0 Å². The molecule has 1 atom stereocenters. The van der Waals surface area contributed by atoms with Crippen molar-refractivity contribution in [2.75, 3.05) is 13.1 Å². The molecule has 4 amide bonds. The first-order valence-corrected chi connectivity index (χ1v) is 15.5. The fourth-order valence-corrected chi connectivity index (χ4v) is 7.04. The van der Waals surface area contributed by atoms with Crippen molar-refractivity contribution in [1.29, 1.82) is 0 Å². The molecular formula is C31H27ClN4O6S. The summed E-state index contributed by atoms with van der Waals surface area (Å²) in [6.07, 6.45) is 4.37. The summed E-state index contributed by atoms with van der Waals surface area (Å²) in [4.78, 5) is 45.9. The zero-order valence-electron chi connectivity index (χ0n) is 22.9. The third-order valence-corrected chi connectivity index (χ3v) is 9.46. The summed E-state index contributed by atoms with van der Waals surface area (Å²) in [6, 6.07) is 18.4. The van der Waals surface area contributed by atoms with Crippen LogP contribution >= 0.6 is 11.6 Å². The Labute approximate surface area is 253 Å². The van der Waals surface area contributed by atoms with Gasteiger partial charge in [-0.15, -0.1) is 0 Å². The molecule has 2 aliphatic heterocycles. The topological polar surface area (TPSA) is 126 Å². The summed E-state index contributed by atoms with van der Waals surface area (Å²) in [5.41, 5.74) is 1.16. The van der Waals surface area contributed by atoms with Crippen LogP contribution in [0.2, 0.25) is 5.02 Å². The number of halogens is 1. The van der Waals surface area contributed by atoms with E-state index in [0.29, 0.717) is 47.3 Å². The molecule has 3 aromatic carbocycles. The lowest BCUT2D eigenvalue weighted by atomic mass is 9.98. The van der Waals surface area contributed by atoms with Gasteiger partial charge in [-0.05, 0) is 54.8 Å². The number of amides is 4. The largest absolute Gasteiger partial charge is 0.379 e. The maximum Gasteiger partial charge on any atom is 0.339 e. The lowest BCUT2D eigenvalue weighted by Gasteiger charge is -2.38. The van der Waals surface area contributed by atoms with E-state index in [1.54, 1.807) is 70.6 Å². The molecule has 43 heavy (non-hydrogen) atoms. The van der Waals surface area contributed by atoms with E-state index in [-0.39, 0.29) is 29.0 Å². The van der Waals surface area contributed by atoms with Crippen LogP contribution in [0, 0.1) is 0 Å². The zero-order chi connectivity index (χ0) is 30.1. The summed E-state index contributed by atoms with van der Waals surface area (Å²) in [6.45, 7) is 0.847. The molecule has 4 aromatic rings. The van der Waals surface area contributed by atoms with Crippen LogP contribution in [0.15, 0.2) is 90.1 Å². The number of pyridine rings is 1. The number of carbonyl (C=O) groups excluding carboxylic acids is 3. The number of rotatable bonds is 7. The predicted molar refractivity (Wildman–Crippen MR) is 159 cm³/mol. The Morgan fingerprint density at radius 2 is 1.72 bits per heavy atom. The van der Waals surface area contributed by atoms with Gasteiger partial charge >= 0.3 is 16.1 Å². The molecule has 2 saturated heterocycles. The number of imide groups is 1. The van der Waals surface area contributed by atoms with Gasteiger partial charge in [0.15, 0.2) is 0 Å². The van der Waals surface area contributed by atoms with Crippen molar-refractivity contribution in [3.8, 4) is 5.75 Å². The molecule has 6 rings (SSSR count). The number of nitrogens with one attached hydrogen (secondary N) is 1. The molecule has 0 saturated carbocycles. The van der Waals surface area contributed by atoms with Crippen LogP contribution in [0.4, 0.5) is 4.79 Å². The smallest absolute Gasteiger partial charge is 0.339 e. The first kappa shape index (κ1) is 28.6. The Hall–Kier alpha value is -4.48. The highest BCUT2D eigenvalue weighted by Crippen LogP contribution is 2.28. The third kappa shape index (κ3) is 5.78. The summed E-state index contributed by atoms with van der Waals surface area (Å²) in [7, 11) is -4.13. The summed E-state index contributed by atoms with van der Waals surface area (Å²) >= 11 is 6.21. The van der Waals surface area contributed by atoms with Crippen LogP contribution in [0.1, 0.15) is 28.8 Å². The molecule has 0 radical (unpaired) electrons. The molecule has 2 aliphatic rings. The molecule has 0 aliphatic carbocycles. The SMILES string of the molecule is O=C1NC(=O)N(C2CCN(C(=O)c3ccccc3Cl)CC2)C1Cc1ccc(OS(=O)(=O)c2cccc3cnccc23)cc1. The van der Waals surface area contributed by atoms with Crippen molar-refractivity contribution >= 4 is 50.3 Å². The van der Waals surface area contributed by atoms with Crippen LogP contribution in [0.5, 0.6) is 5.75 Å². The van der Waals surface area contributed by atoms with Gasteiger partial charge in [0.05, 0.1) is 10.6 Å². The van der Waals surface area contributed by atoms with Gasteiger partial charge in [-0.2, -0.15) is 8.42 Å². The van der Waals surface area contributed by atoms with Crippen LogP contribution in [-0.4, -0.2) is 66.2 Å². The van der Waals surface area contributed by atoms with Gasteiger partial charge < -0.3 is 14.0 Å². The number of carbonyl (C=O) groups is 3. The number of nitrogens with zero attached hydrogens (tertiary/aromatic N) is 3. The van der Waals surface area contributed by atoms with Crippen LogP contribution in [0.3, 0.4) is 0 Å². The fraction of sp³-hybridized carbons (Fsp3) is 0.226. The molecule has 1 N–H and O–H groups in total. The monoisotopic (exact) mass is 618 g/mol. The first-order chi connectivity index (χ1) is 20.7. The van der Waals surface area contributed by atoms with Crippen molar-refractivity contribution < 1.29 is 27.0 Å². The number of hydrogen-bond acceptors (Lipinski definition) is 7. The number of benzene rings is 3. The molecule has 10 nitrogen and oxygen atoms in total. The average molecular weight is 619 g/mol. The number of fused-ring (bicyclic) bond motifs is 1. The number of piperidine rings is 1.